The van der Waals surface area contributed by atoms with Gasteiger partial charge in [0.1, 0.15) is 0 Å². The molecule has 0 aliphatic rings. The van der Waals surface area contributed by atoms with E-state index in [-0.39, 0.29) is 14.1 Å². The van der Waals surface area contributed by atoms with Crippen molar-refractivity contribution in [1.29, 1.82) is 0 Å². The summed E-state index contributed by atoms with van der Waals surface area (Å²) in [5.74, 6) is 0. The van der Waals surface area contributed by atoms with E-state index >= 15 is 0 Å². The highest BCUT2D eigenvalue weighted by atomic mass is 28.3. The first-order chi connectivity index (χ1) is 5.49. The molecule has 0 aromatic carbocycles. The summed E-state index contributed by atoms with van der Waals surface area (Å²) in [5.41, 5.74) is 2.50. The molecule has 0 aromatic rings. The standard InChI is InChI=1S/C6H13Si.2C2H5.Al/c1-5-6-7(2,3)4;2*1-2;/h5-6H,1H2,2-4H3;2*1H2,2H3;. The fourth-order valence-corrected chi connectivity index (χ4v) is 4.12. The van der Waals surface area contributed by atoms with Crippen molar-refractivity contribution in [3.8, 4) is 0 Å². The molecule has 0 saturated carbocycles. The Kier molecular flexibility index (Phi) is 6.27. The molecule has 0 fully saturated rings. The van der Waals surface area contributed by atoms with Gasteiger partial charge in [0.05, 0.1) is 8.07 Å². The zero-order chi connectivity index (χ0) is 9.61. The van der Waals surface area contributed by atoms with Gasteiger partial charge < -0.3 is 0 Å². The van der Waals surface area contributed by atoms with Crippen LogP contribution in [0, 0.1) is 0 Å². The summed E-state index contributed by atoms with van der Waals surface area (Å²) in [6, 6.07) is 0. The fourth-order valence-electron chi connectivity index (χ4n) is 1.24. The quantitative estimate of drug-likeness (QED) is 0.587. The van der Waals surface area contributed by atoms with E-state index in [4.69, 9.17) is 0 Å². The second-order valence-electron chi connectivity index (χ2n) is 4.69. The van der Waals surface area contributed by atoms with Crippen molar-refractivity contribution in [2.75, 3.05) is 0 Å². The van der Waals surface area contributed by atoms with E-state index < -0.39 is 8.07 Å². The van der Waals surface area contributed by atoms with Crippen LogP contribution in [-0.2, 0) is 0 Å². The molecule has 0 nitrogen and oxygen atoms in total. The molecule has 0 atom stereocenters. The maximum Gasteiger partial charge on any atom is 0.265 e. The lowest BCUT2D eigenvalue weighted by Gasteiger charge is -2.09. The van der Waals surface area contributed by atoms with Crippen molar-refractivity contribution in [2.24, 2.45) is 0 Å². The molecule has 2 heteroatoms. The van der Waals surface area contributed by atoms with Crippen LogP contribution in [0.4, 0.5) is 0 Å². The summed E-state index contributed by atoms with van der Waals surface area (Å²) in [6.07, 6.45) is 2.47. The first kappa shape index (κ1) is 12.5. The summed E-state index contributed by atoms with van der Waals surface area (Å²) in [6.45, 7) is 11.9. The molecule has 0 saturated heterocycles. The van der Waals surface area contributed by atoms with E-state index in [9.17, 15) is 0 Å². The third-order valence-electron chi connectivity index (χ3n) is 2.24. The summed E-state index contributed by atoms with van der Waals surface area (Å²) >= 11 is -0.346. The van der Waals surface area contributed by atoms with Crippen LogP contribution in [0.1, 0.15) is 13.8 Å². The summed E-state index contributed by atoms with van der Waals surface area (Å²) < 4.78 is 0. The first-order valence-electron chi connectivity index (χ1n) is 5.17. The normalized spacial score (nSPS) is 12.4. The first-order valence-corrected chi connectivity index (χ1v) is 11.2. The Morgan fingerprint density at radius 2 is 1.58 bits per heavy atom. The van der Waals surface area contributed by atoms with Crippen LogP contribution in [0.15, 0.2) is 11.8 Å². The second-order valence-corrected chi connectivity index (χ2v) is 13.6. The minimum atomic E-state index is -0.908. The third kappa shape index (κ3) is 7.16. The van der Waals surface area contributed by atoms with Gasteiger partial charge >= 0.3 is 0 Å². The SMILES string of the molecule is C[CH2][Al]([CH2]C)[CH2]C=C[Si](C)(C)C. The van der Waals surface area contributed by atoms with Gasteiger partial charge in [-0.05, 0) is 0 Å². The van der Waals surface area contributed by atoms with Gasteiger partial charge in [-0.3, -0.25) is 0 Å². The zero-order valence-corrected chi connectivity index (χ0v) is 11.5. The average Bonchev–Trinajstić information content (AvgIpc) is 1.96. The lowest BCUT2D eigenvalue weighted by Crippen LogP contribution is -2.16. The third-order valence-corrected chi connectivity index (χ3v) is 6.73. The molecule has 12 heavy (non-hydrogen) atoms. The van der Waals surface area contributed by atoms with Gasteiger partial charge in [0.2, 0.25) is 0 Å². The lowest BCUT2D eigenvalue weighted by atomic mass is 10.7. The van der Waals surface area contributed by atoms with Gasteiger partial charge in [-0.15, -0.1) is 11.8 Å². The maximum absolute atomic E-state index is 2.50. The predicted molar refractivity (Wildman–Crippen MR) is 64.0 cm³/mol. The molecule has 0 N–H and O–H groups in total. The van der Waals surface area contributed by atoms with Crippen LogP contribution >= 0.6 is 0 Å². The Bertz CT molecular complexity index is 131. The van der Waals surface area contributed by atoms with Crippen LogP contribution in [0.3, 0.4) is 0 Å². The highest BCUT2D eigenvalue weighted by molar-refractivity contribution is 6.81. The molecule has 0 aromatic heterocycles. The van der Waals surface area contributed by atoms with Crippen LogP contribution in [-0.4, -0.2) is 22.2 Å². The molecule has 0 unspecified atom stereocenters. The molecule has 0 spiro atoms. The number of allylic oxidation sites excluding steroid dienone is 1. The summed E-state index contributed by atoms with van der Waals surface area (Å²) in [4.78, 5) is 0. The number of hydrogen-bond acceptors (Lipinski definition) is 0. The number of hydrogen-bond donors (Lipinski definition) is 0. The molecule has 0 radical (unpaired) electrons. The van der Waals surface area contributed by atoms with E-state index in [1.54, 1.807) is 0 Å². The fraction of sp³-hybridized carbons (Fsp3) is 0.800. The van der Waals surface area contributed by atoms with Crippen molar-refractivity contribution in [2.45, 2.75) is 49.3 Å². The van der Waals surface area contributed by atoms with Gasteiger partial charge in [-0.25, -0.2) is 0 Å². The Morgan fingerprint density at radius 1 is 1.08 bits per heavy atom. The smallest absolute Gasteiger partial charge is 0.105 e. The van der Waals surface area contributed by atoms with Crippen molar-refractivity contribution < 1.29 is 0 Å². The van der Waals surface area contributed by atoms with Gasteiger partial charge in [0.15, 0.2) is 0 Å². The number of rotatable bonds is 5. The monoisotopic (exact) mass is 198 g/mol. The Hall–Kier alpha value is 0.489. The van der Waals surface area contributed by atoms with E-state index in [2.05, 4.69) is 45.3 Å². The average molecular weight is 198 g/mol. The second kappa shape index (κ2) is 6.02. The Balaban J connectivity index is 3.73. The van der Waals surface area contributed by atoms with Crippen LogP contribution < -0.4 is 0 Å². The van der Waals surface area contributed by atoms with E-state index in [0.29, 0.717) is 0 Å². The van der Waals surface area contributed by atoms with Gasteiger partial charge in [-0.1, -0.05) is 49.3 Å². The molecule has 0 aliphatic heterocycles. The largest absolute Gasteiger partial charge is 0.265 e. The van der Waals surface area contributed by atoms with Gasteiger partial charge in [0, 0.05) is 0 Å². The minimum Gasteiger partial charge on any atom is -0.105 e. The summed E-state index contributed by atoms with van der Waals surface area (Å²) in [5, 5.41) is 4.36. The molecule has 0 amide bonds. The molecule has 70 valence electrons. The van der Waals surface area contributed by atoms with Gasteiger partial charge in [-0.2, -0.15) is 0 Å². The molecular formula is C10H23AlSi. The molecule has 0 bridgehead atoms. The molecular weight excluding hydrogens is 175 g/mol. The minimum absolute atomic E-state index is 0.346. The highest BCUT2D eigenvalue weighted by Gasteiger charge is 2.10. The summed E-state index contributed by atoms with van der Waals surface area (Å²) in [7, 11) is -0.908. The Labute approximate surface area is 83.5 Å². The van der Waals surface area contributed by atoms with Crippen LogP contribution in [0.2, 0.25) is 35.5 Å². The van der Waals surface area contributed by atoms with Gasteiger partial charge in [0.25, 0.3) is 14.1 Å². The van der Waals surface area contributed by atoms with Crippen molar-refractivity contribution >= 4 is 22.2 Å². The van der Waals surface area contributed by atoms with E-state index in [0.717, 1.165) is 0 Å². The lowest BCUT2D eigenvalue weighted by molar-refractivity contribution is 1.28. The topological polar surface area (TPSA) is 0 Å². The van der Waals surface area contributed by atoms with E-state index in [1.807, 2.05) is 0 Å². The van der Waals surface area contributed by atoms with Crippen molar-refractivity contribution in [1.82, 2.24) is 0 Å². The molecule has 0 aliphatic carbocycles. The molecule has 0 rings (SSSR count). The van der Waals surface area contributed by atoms with E-state index in [1.165, 1.54) is 15.8 Å². The van der Waals surface area contributed by atoms with Crippen LogP contribution in [0.5, 0.6) is 0 Å². The van der Waals surface area contributed by atoms with Crippen molar-refractivity contribution in [3.63, 3.8) is 0 Å². The Morgan fingerprint density at radius 3 is 1.92 bits per heavy atom. The zero-order valence-electron chi connectivity index (χ0n) is 9.35. The maximum atomic E-state index is 2.50. The van der Waals surface area contributed by atoms with Crippen molar-refractivity contribution in [3.05, 3.63) is 11.8 Å². The highest BCUT2D eigenvalue weighted by Crippen LogP contribution is 2.08. The van der Waals surface area contributed by atoms with Crippen LogP contribution in [0.25, 0.3) is 0 Å². The predicted octanol–water partition coefficient (Wildman–Crippen LogP) is 3.95. The molecule has 0 heterocycles.